The van der Waals surface area contributed by atoms with Crippen LogP contribution < -0.4 is 0 Å². The fraction of sp³-hybridized carbons (Fsp3) is 0.400. The standard InChI is InChI=1S/C20H22N4O2S/c1-14-7-9-17(27-14)16(25)8-10-19(26)23-11-4-5-15(13-23)20-22-21-18-6-2-3-12-24(18)20/h2-3,6-7,9,12,15H,4-5,8,10-11,13H2,1H3. The molecule has 27 heavy (non-hydrogen) atoms. The molecule has 0 saturated carbocycles. The summed E-state index contributed by atoms with van der Waals surface area (Å²) in [6, 6.07) is 9.62. The van der Waals surface area contributed by atoms with Crippen molar-refractivity contribution in [2.45, 2.75) is 38.5 Å². The van der Waals surface area contributed by atoms with Gasteiger partial charge >= 0.3 is 0 Å². The van der Waals surface area contributed by atoms with Crippen LogP contribution in [0.2, 0.25) is 0 Å². The summed E-state index contributed by atoms with van der Waals surface area (Å²) in [5, 5.41) is 8.58. The predicted octanol–water partition coefficient (Wildman–Crippen LogP) is 3.47. The molecule has 4 rings (SSSR count). The third-order valence-electron chi connectivity index (χ3n) is 5.06. The van der Waals surface area contributed by atoms with Crippen LogP contribution in [0.25, 0.3) is 5.65 Å². The highest BCUT2D eigenvalue weighted by molar-refractivity contribution is 7.14. The minimum atomic E-state index is 0.0511. The van der Waals surface area contributed by atoms with E-state index in [9.17, 15) is 9.59 Å². The number of fused-ring (bicyclic) bond motifs is 1. The van der Waals surface area contributed by atoms with Crippen LogP contribution in [-0.2, 0) is 4.79 Å². The molecule has 1 amide bonds. The normalized spacial score (nSPS) is 17.4. The van der Waals surface area contributed by atoms with E-state index in [0.29, 0.717) is 6.54 Å². The summed E-state index contributed by atoms with van der Waals surface area (Å²) in [6.07, 6.45) is 4.44. The second-order valence-corrected chi connectivity index (χ2v) is 8.29. The summed E-state index contributed by atoms with van der Waals surface area (Å²) in [7, 11) is 0. The van der Waals surface area contributed by atoms with Gasteiger partial charge in [0, 0.05) is 42.9 Å². The van der Waals surface area contributed by atoms with Crippen LogP contribution in [0.4, 0.5) is 0 Å². The van der Waals surface area contributed by atoms with E-state index in [-0.39, 0.29) is 30.4 Å². The molecule has 1 unspecified atom stereocenters. The minimum Gasteiger partial charge on any atom is -0.342 e. The van der Waals surface area contributed by atoms with Crippen molar-refractivity contribution in [2.24, 2.45) is 0 Å². The number of ketones is 1. The van der Waals surface area contributed by atoms with Gasteiger partial charge in [0.2, 0.25) is 5.91 Å². The van der Waals surface area contributed by atoms with Crippen LogP contribution in [-0.4, -0.2) is 44.3 Å². The number of Topliss-reactive ketones (excluding diaryl/α,β-unsaturated/α-hetero) is 1. The average Bonchev–Trinajstić information content (AvgIpc) is 3.32. The van der Waals surface area contributed by atoms with Crippen LogP contribution in [0, 0.1) is 6.92 Å². The summed E-state index contributed by atoms with van der Waals surface area (Å²) < 4.78 is 2.00. The number of pyridine rings is 1. The molecule has 0 aliphatic carbocycles. The lowest BCUT2D eigenvalue weighted by atomic mass is 9.96. The number of likely N-dealkylation sites (tertiary alicyclic amines) is 1. The van der Waals surface area contributed by atoms with E-state index in [0.717, 1.165) is 40.6 Å². The Labute approximate surface area is 161 Å². The zero-order valence-electron chi connectivity index (χ0n) is 15.3. The van der Waals surface area contributed by atoms with Gasteiger partial charge in [-0.1, -0.05) is 6.07 Å². The first-order valence-corrected chi connectivity index (χ1v) is 10.1. The van der Waals surface area contributed by atoms with Gasteiger partial charge in [-0.25, -0.2) is 0 Å². The van der Waals surface area contributed by atoms with Gasteiger partial charge in [-0.2, -0.15) is 0 Å². The molecule has 0 spiro atoms. The smallest absolute Gasteiger partial charge is 0.223 e. The zero-order chi connectivity index (χ0) is 18.8. The summed E-state index contributed by atoms with van der Waals surface area (Å²) in [5.41, 5.74) is 0.827. The number of aromatic nitrogens is 3. The molecular formula is C20H22N4O2S. The highest BCUT2D eigenvalue weighted by Gasteiger charge is 2.28. The fourth-order valence-corrected chi connectivity index (χ4v) is 4.47. The largest absolute Gasteiger partial charge is 0.342 e. The van der Waals surface area contributed by atoms with Crippen molar-refractivity contribution in [3.8, 4) is 0 Å². The van der Waals surface area contributed by atoms with Crippen LogP contribution >= 0.6 is 11.3 Å². The van der Waals surface area contributed by atoms with Crippen molar-refractivity contribution in [1.29, 1.82) is 0 Å². The first-order chi connectivity index (χ1) is 13.1. The first kappa shape index (κ1) is 17.9. The number of nitrogens with zero attached hydrogens (tertiary/aromatic N) is 4. The average molecular weight is 382 g/mol. The molecule has 1 saturated heterocycles. The van der Waals surface area contributed by atoms with Gasteiger partial charge in [0.1, 0.15) is 5.82 Å². The molecule has 3 aromatic heterocycles. The van der Waals surface area contributed by atoms with Crippen molar-refractivity contribution in [3.63, 3.8) is 0 Å². The highest BCUT2D eigenvalue weighted by atomic mass is 32.1. The van der Waals surface area contributed by atoms with Gasteiger partial charge in [-0.3, -0.25) is 14.0 Å². The number of carbonyl (C=O) groups excluding carboxylic acids is 2. The van der Waals surface area contributed by atoms with Crippen molar-refractivity contribution in [3.05, 3.63) is 52.1 Å². The topological polar surface area (TPSA) is 67.6 Å². The fourth-order valence-electron chi connectivity index (χ4n) is 3.64. The number of carbonyl (C=O) groups is 2. The Morgan fingerprint density at radius 3 is 2.89 bits per heavy atom. The maximum absolute atomic E-state index is 12.7. The molecule has 6 nitrogen and oxygen atoms in total. The molecule has 4 heterocycles. The van der Waals surface area contributed by atoms with E-state index in [2.05, 4.69) is 10.2 Å². The van der Waals surface area contributed by atoms with Crippen LogP contribution in [0.15, 0.2) is 36.5 Å². The molecule has 1 aliphatic rings. The number of piperidine rings is 1. The molecule has 0 N–H and O–H groups in total. The number of hydrogen-bond donors (Lipinski definition) is 0. The molecule has 1 atom stereocenters. The van der Waals surface area contributed by atoms with Gasteiger partial charge in [-0.15, -0.1) is 21.5 Å². The van der Waals surface area contributed by atoms with Crippen molar-refractivity contribution >= 4 is 28.7 Å². The van der Waals surface area contributed by atoms with E-state index in [1.807, 2.05) is 52.8 Å². The second-order valence-electron chi connectivity index (χ2n) is 7.00. The highest BCUT2D eigenvalue weighted by Crippen LogP contribution is 2.27. The van der Waals surface area contributed by atoms with Gasteiger partial charge < -0.3 is 4.90 Å². The van der Waals surface area contributed by atoms with Crippen molar-refractivity contribution in [2.75, 3.05) is 13.1 Å². The molecule has 3 aromatic rings. The number of hydrogen-bond acceptors (Lipinski definition) is 5. The number of aryl methyl sites for hydroxylation is 1. The quantitative estimate of drug-likeness (QED) is 0.634. The Bertz CT molecular complexity index is 977. The maximum atomic E-state index is 12.7. The molecule has 1 aliphatic heterocycles. The third-order valence-corrected chi connectivity index (χ3v) is 6.10. The summed E-state index contributed by atoms with van der Waals surface area (Å²) in [6.45, 7) is 3.37. The summed E-state index contributed by atoms with van der Waals surface area (Å²) >= 11 is 1.49. The predicted molar refractivity (Wildman–Crippen MR) is 104 cm³/mol. The summed E-state index contributed by atoms with van der Waals surface area (Å²) in [4.78, 5) is 28.7. The van der Waals surface area contributed by atoms with Gasteiger partial charge in [-0.05, 0) is 44.0 Å². The van der Waals surface area contributed by atoms with Crippen LogP contribution in [0.3, 0.4) is 0 Å². The Morgan fingerprint density at radius 2 is 2.07 bits per heavy atom. The molecule has 1 fully saturated rings. The summed E-state index contributed by atoms with van der Waals surface area (Å²) in [5.74, 6) is 1.19. The van der Waals surface area contributed by atoms with E-state index in [1.54, 1.807) is 0 Å². The molecule has 0 radical (unpaired) electrons. The molecule has 0 aromatic carbocycles. The van der Waals surface area contributed by atoms with Gasteiger partial charge in [0.25, 0.3) is 0 Å². The SMILES string of the molecule is Cc1ccc(C(=O)CCC(=O)N2CCCC(c3nnc4ccccn34)C2)s1. The number of thiophene rings is 1. The number of rotatable bonds is 5. The number of amides is 1. The van der Waals surface area contributed by atoms with E-state index in [4.69, 9.17) is 0 Å². The molecular weight excluding hydrogens is 360 g/mol. The van der Waals surface area contributed by atoms with Crippen LogP contribution in [0.1, 0.15) is 52.0 Å². The van der Waals surface area contributed by atoms with E-state index < -0.39 is 0 Å². The van der Waals surface area contributed by atoms with E-state index >= 15 is 0 Å². The van der Waals surface area contributed by atoms with E-state index in [1.165, 1.54) is 11.3 Å². The second kappa shape index (κ2) is 7.60. The van der Waals surface area contributed by atoms with Gasteiger partial charge in [0.05, 0.1) is 4.88 Å². The monoisotopic (exact) mass is 382 g/mol. The Morgan fingerprint density at radius 1 is 1.19 bits per heavy atom. The third kappa shape index (κ3) is 3.78. The lowest BCUT2D eigenvalue weighted by Gasteiger charge is -2.32. The molecule has 140 valence electrons. The minimum absolute atomic E-state index is 0.0511. The Balaban J connectivity index is 1.39. The van der Waals surface area contributed by atoms with Crippen molar-refractivity contribution in [1.82, 2.24) is 19.5 Å². The Hall–Kier alpha value is -2.54. The zero-order valence-corrected chi connectivity index (χ0v) is 16.1. The lowest BCUT2D eigenvalue weighted by molar-refractivity contribution is -0.132. The van der Waals surface area contributed by atoms with Crippen molar-refractivity contribution < 1.29 is 9.59 Å². The first-order valence-electron chi connectivity index (χ1n) is 9.29. The van der Waals surface area contributed by atoms with Gasteiger partial charge in [0.15, 0.2) is 11.4 Å². The van der Waals surface area contributed by atoms with Crippen LogP contribution in [0.5, 0.6) is 0 Å². The Kier molecular flexibility index (Phi) is 5.03. The lowest BCUT2D eigenvalue weighted by Crippen LogP contribution is -2.39. The maximum Gasteiger partial charge on any atom is 0.223 e. The molecule has 7 heteroatoms. The molecule has 0 bridgehead atoms.